The molecule has 0 aliphatic carbocycles. The second-order valence-corrected chi connectivity index (χ2v) is 11.9. The number of rotatable bonds is 4. The summed E-state index contributed by atoms with van der Waals surface area (Å²) < 4.78 is 16.5. The van der Waals surface area contributed by atoms with Crippen LogP contribution in [0.2, 0.25) is 5.02 Å². The van der Waals surface area contributed by atoms with Gasteiger partial charge in [0.05, 0.1) is 10.9 Å². The highest BCUT2D eigenvalue weighted by Gasteiger charge is 2.42. The van der Waals surface area contributed by atoms with Crippen molar-refractivity contribution in [2.24, 2.45) is 0 Å². The van der Waals surface area contributed by atoms with Crippen LogP contribution in [0.5, 0.6) is 0 Å². The van der Waals surface area contributed by atoms with Crippen molar-refractivity contribution >= 4 is 45.0 Å². The van der Waals surface area contributed by atoms with Crippen LogP contribution < -0.4 is 15.1 Å². The van der Waals surface area contributed by atoms with Crippen molar-refractivity contribution in [3.8, 4) is 11.3 Å². The van der Waals surface area contributed by atoms with Crippen LogP contribution in [-0.4, -0.2) is 77.7 Å². The quantitative estimate of drug-likeness (QED) is 0.409. The maximum Gasteiger partial charge on any atom is 0.228 e. The molecule has 2 aromatic heterocycles. The highest BCUT2D eigenvalue weighted by Crippen LogP contribution is 2.39. The van der Waals surface area contributed by atoms with Crippen LogP contribution in [0.3, 0.4) is 0 Å². The van der Waals surface area contributed by atoms with Gasteiger partial charge in [0.25, 0.3) is 0 Å². The van der Waals surface area contributed by atoms with E-state index in [9.17, 15) is 0 Å². The molecule has 4 aromatic rings. The number of piperazine rings is 1. The number of likely N-dealkylation sites (N-methyl/N-ethyl adjacent to an activating group) is 1. The smallest absolute Gasteiger partial charge is 0.228 e. The molecule has 0 saturated carbocycles. The van der Waals surface area contributed by atoms with Gasteiger partial charge in [-0.1, -0.05) is 41.9 Å². The molecule has 3 saturated heterocycles. The van der Waals surface area contributed by atoms with E-state index in [2.05, 4.69) is 46.0 Å². The van der Waals surface area contributed by atoms with Crippen LogP contribution in [0.1, 0.15) is 19.8 Å². The monoisotopic (exact) mass is 531 g/mol. The fraction of sp³-hybridized carbons (Fsp3) is 0.414. The van der Waals surface area contributed by atoms with Crippen molar-refractivity contribution in [3.05, 3.63) is 53.4 Å². The number of hydrogen-bond acceptors (Lipinski definition) is 7. The summed E-state index contributed by atoms with van der Waals surface area (Å²) in [5.74, 6) is 0.911. The van der Waals surface area contributed by atoms with Crippen LogP contribution in [0.4, 0.5) is 16.2 Å². The first kappa shape index (κ1) is 24.0. The number of nitrogens with zero attached hydrogens (tertiary/aromatic N) is 6. The summed E-state index contributed by atoms with van der Waals surface area (Å²) in [4.78, 5) is 21.2. The zero-order valence-corrected chi connectivity index (χ0v) is 22.6. The summed E-state index contributed by atoms with van der Waals surface area (Å²) in [6.45, 7) is 5.50. The topological polar surface area (TPSA) is 60.4 Å². The molecule has 1 N–H and O–H groups in total. The van der Waals surface area contributed by atoms with Crippen LogP contribution >= 0.6 is 11.6 Å². The van der Waals surface area contributed by atoms with Gasteiger partial charge in [0.1, 0.15) is 17.0 Å². The minimum Gasteiger partial charge on any atom is -0.353 e. The minimum atomic E-state index is -0.436. The largest absolute Gasteiger partial charge is 0.353 e. The number of aromatic nitrogens is 3. The van der Waals surface area contributed by atoms with E-state index in [0.717, 1.165) is 55.6 Å². The zero-order valence-electron chi connectivity index (χ0n) is 21.9. The lowest BCUT2D eigenvalue weighted by Crippen LogP contribution is -2.67. The Balaban J connectivity index is 1.40. The molecule has 2 aromatic carbocycles. The molecule has 3 aliphatic heterocycles. The standard InChI is InChI=1S/C29H31ClFN7/c1-29(36(2)3)15-38(16-29)28-34-26-21(27(35-28)37-13-18-10-11-19(14-37)33-18)12-32-25(24(26)31)20-8-4-6-17-7-5-9-22(30)23(17)20/h4-9,12,18-19,33H,10-11,13-16H2,1-3H3/t18-,19+. The van der Waals surface area contributed by atoms with Gasteiger partial charge in [-0.2, -0.15) is 4.98 Å². The normalized spacial score (nSPS) is 22.5. The van der Waals surface area contributed by atoms with Crippen LogP contribution in [0, 0.1) is 5.82 Å². The van der Waals surface area contributed by atoms with Gasteiger partial charge >= 0.3 is 0 Å². The molecule has 5 heterocycles. The first-order valence-electron chi connectivity index (χ1n) is 13.3. The molecule has 0 radical (unpaired) electrons. The zero-order chi connectivity index (χ0) is 26.2. The summed E-state index contributed by atoms with van der Waals surface area (Å²) in [5.41, 5.74) is 1.27. The van der Waals surface area contributed by atoms with Crippen molar-refractivity contribution in [2.45, 2.75) is 37.4 Å². The maximum atomic E-state index is 16.5. The molecule has 38 heavy (non-hydrogen) atoms. The highest BCUT2D eigenvalue weighted by molar-refractivity contribution is 6.36. The van der Waals surface area contributed by atoms with E-state index in [-0.39, 0.29) is 11.2 Å². The number of fused-ring (bicyclic) bond motifs is 4. The minimum absolute atomic E-state index is 0.0360. The number of pyridine rings is 1. The third kappa shape index (κ3) is 3.73. The maximum absolute atomic E-state index is 16.5. The van der Waals surface area contributed by atoms with Gasteiger partial charge in [-0.3, -0.25) is 4.98 Å². The summed E-state index contributed by atoms with van der Waals surface area (Å²) in [7, 11) is 4.18. The second kappa shape index (κ2) is 8.73. The lowest BCUT2D eigenvalue weighted by molar-refractivity contribution is 0.132. The molecule has 3 fully saturated rings. The molecule has 2 bridgehead atoms. The van der Waals surface area contributed by atoms with Gasteiger partial charge in [0, 0.05) is 60.4 Å². The number of anilines is 2. The van der Waals surface area contributed by atoms with Crippen molar-refractivity contribution in [2.75, 3.05) is 50.1 Å². The Morgan fingerprint density at radius 2 is 1.74 bits per heavy atom. The van der Waals surface area contributed by atoms with Gasteiger partial charge in [0.2, 0.25) is 5.95 Å². The molecular weight excluding hydrogens is 501 g/mol. The Labute approximate surface area is 226 Å². The average Bonchev–Trinajstić information content (AvgIpc) is 3.23. The third-order valence-electron chi connectivity index (χ3n) is 8.70. The van der Waals surface area contributed by atoms with Gasteiger partial charge in [-0.25, -0.2) is 9.37 Å². The lowest BCUT2D eigenvalue weighted by atomic mass is 9.91. The van der Waals surface area contributed by atoms with Crippen LogP contribution in [0.15, 0.2) is 42.6 Å². The van der Waals surface area contributed by atoms with Crippen molar-refractivity contribution in [3.63, 3.8) is 0 Å². The van der Waals surface area contributed by atoms with Crippen molar-refractivity contribution in [1.82, 2.24) is 25.2 Å². The fourth-order valence-electron chi connectivity index (χ4n) is 6.26. The second-order valence-electron chi connectivity index (χ2n) is 11.5. The highest BCUT2D eigenvalue weighted by atomic mass is 35.5. The number of nitrogens with one attached hydrogen (secondary N) is 1. The van der Waals surface area contributed by atoms with Crippen LogP contribution in [-0.2, 0) is 0 Å². The summed E-state index contributed by atoms with van der Waals surface area (Å²) in [6.07, 6.45) is 4.05. The van der Waals surface area contributed by atoms with Gasteiger partial charge in [0.15, 0.2) is 5.82 Å². The molecule has 2 atom stereocenters. The molecule has 196 valence electrons. The van der Waals surface area contributed by atoms with Crippen molar-refractivity contribution in [1.29, 1.82) is 0 Å². The predicted molar refractivity (Wildman–Crippen MR) is 152 cm³/mol. The first-order chi connectivity index (χ1) is 18.3. The average molecular weight is 532 g/mol. The Hall–Kier alpha value is -3.07. The summed E-state index contributed by atoms with van der Waals surface area (Å²) in [5, 5.41) is 6.64. The fourth-order valence-corrected chi connectivity index (χ4v) is 6.55. The van der Waals surface area contributed by atoms with E-state index in [4.69, 9.17) is 21.6 Å². The molecule has 0 amide bonds. The van der Waals surface area contributed by atoms with Crippen molar-refractivity contribution < 1.29 is 4.39 Å². The molecule has 3 aliphatic rings. The molecule has 7 rings (SSSR count). The molecule has 9 heteroatoms. The number of halogens is 2. The Bertz CT molecular complexity index is 1550. The predicted octanol–water partition coefficient (Wildman–Crippen LogP) is 4.72. The summed E-state index contributed by atoms with van der Waals surface area (Å²) >= 11 is 6.59. The van der Waals surface area contributed by atoms with E-state index in [1.165, 1.54) is 0 Å². The molecule has 0 spiro atoms. The number of benzene rings is 2. The lowest BCUT2D eigenvalue weighted by Gasteiger charge is -2.52. The van der Waals surface area contributed by atoms with E-state index < -0.39 is 5.82 Å². The molecule has 0 unspecified atom stereocenters. The Morgan fingerprint density at radius 3 is 2.45 bits per heavy atom. The van der Waals surface area contributed by atoms with Gasteiger partial charge < -0.3 is 20.0 Å². The van der Waals surface area contributed by atoms with E-state index in [1.807, 2.05) is 36.4 Å². The van der Waals surface area contributed by atoms with E-state index in [1.54, 1.807) is 6.20 Å². The third-order valence-corrected chi connectivity index (χ3v) is 9.02. The number of hydrogen-bond donors (Lipinski definition) is 1. The van der Waals surface area contributed by atoms with E-state index in [0.29, 0.717) is 39.5 Å². The summed E-state index contributed by atoms with van der Waals surface area (Å²) in [6, 6.07) is 12.3. The Kier molecular flexibility index (Phi) is 5.51. The molecular formula is C29H31ClFN7. The van der Waals surface area contributed by atoms with Gasteiger partial charge in [-0.05, 0) is 45.3 Å². The van der Waals surface area contributed by atoms with Gasteiger partial charge in [-0.15, -0.1) is 0 Å². The SMILES string of the molecule is CN(C)C1(C)CN(c2nc(N3C[C@H]4CC[C@@H](C3)N4)c3cnc(-c4cccc5cccc(Cl)c45)c(F)c3n2)C1. The van der Waals surface area contributed by atoms with Crippen LogP contribution in [0.25, 0.3) is 32.9 Å². The Morgan fingerprint density at radius 1 is 1.03 bits per heavy atom. The van der Waals surface area contributed by atoms with E-state index >= 15 is 4.39 Å². The first-order valence-corrected chi connectivity index (χ1v) is 13.7. The molecule has 7 nitrogen and oxygen atoms in total.